The fourth-order valence-corrected chi connectivity index (χ4v) is 4.34. The maximum atomic E-state index is 12.8. The molecule has 1 aromatic heterocycles. The zero-order valence-electron chi connectivity index (χ0n) is 14.9. The Hall–Kier alpha value is -2.45. The number of carbonyl (C=O) groups excluding carboxylic acids is 1. The fraction of sp³-hybridized carbons (Fsp3) is 0.263. The first-order chi connectivity index (χ1) is 13.2. The summed E-state index contributed by atoms with van der Waals surface area (Å²) in [5.74, 6) is 2.56. The van der Waals surface area contributed by atoms with Crippen LogP contribution in [0.2, 0.25) is 0 Å². The lowest BCUT2D eigenvalue weighted by atomic mass is 10.2. The molecule has 2 aromatic carbocycles. The number of aromatic nitrogens is 1. The summed E-state index contributed by atoms with van der Waals surface area (Å²) in [7, 11) is 1.55. The Morgan fingerprint density at radius 1 is 1.30 bits per heavy atom. The highest BCUT2D eigenvalue weighted by Gasteiger charge is 2.18. The third-order valence-electron chi connectivity index (χ3n) is 4.23. The van der Waals surface area contributed by atoms with E-state index < -0.39 is 0 Å². The quantitative estimate of drug-likeness (QED) is 0.653. The molecule has 27 heavy (non-hydrogen) atoms. The minimum absolute atomic E-state index is 0.237. The summed E-state index contributed by atoms with van der Waals surface area (Å²) in [4.78, 5) is 17.8. The van der Waals surface area contributed by atoms with E-state index in [1.54, 1.807) is 37.1 Å². The summed E-state index contributed by atoms with van der Waals surface area (Å²) in [5, 5.41) is 0. The van der Waals surface area contributed by atoms with Crippen molar-refractivity contribution in [3.8, 4) is 17.2 Å². The smallest absolute Gasteiger partial charge is 0.283 e. The monoisotopic (exact) mass is 402 g/mol. The van der Waals surface area contributed by atoms with Crippen molar-refractivity contribution in [1.82, 2.24) is 4.57 Å². The van der Waals surface area contributed by atoms with Gasteiger partial charge in [-0.2, -0.15) is 16.8 Å². The van der Waals surface area contributed by atoms with Gasteiger partial charge in [0.05, 0.1) is 22.9 Å². The third kappa shape index (κ3) is 3.42. The molecule has 4 rings (SSSR count). The van der Waals surface area contributed by atoms with Gasteiger partial charge >= 0.3 is 0 Å². The molecular formula is C19H18N2O4S2. The van der Waals surface area contributed by atoms with Crippen LogP contribution in [-0.4, -0.2) is 36.4 Å². The first kappa shape index (κ1) is 17.9. The molecule has 0 bridgehead atoms. The first-order valence-corrected chi connectivity index (χ1v) is 10.6. The zero-order valence-corrected chi connectivity index (χ0v) is 16.6. The SMILES string of the molecule is COc1ccccc1C(=O)N=c1sc2cc3c(cc2n1CCSC)OCO3. The van der Waals surface area contributed by atoms with Crippen molar-refractivity contribution >= 4 is 39.2 Å². The van der Waals surface area contributed by atoms with Crippen molar-refractivity contribution in [1.29, 1.82) is 0 Å². The summed E-state index contributed by atoms with van der Waals surface area (Å²) >= 11 is 3.21. The van der Waals surface area contributed by atoms with Crippen molar-refractivity contribution in [3.05, 3.63) is 46.8 Å². The van der Waals surface area contributed by atoms with Crippen molar-refractivity contribution in [2.75, 3.05) is 25.9 Å². The van der Waals surface area contributed by atoms with Crippen LogP contribution in [0.5, 0.6) is 17.2 Å². The standard InChI is InChI=1S/C19H18N2O4S2/c1-23-14-6-4-3-5-12(14)18(22)20-19-21(7-8-26-2)13-9-15-16(25-11-24-15)10-17(13)27-19/h3-6,9-10H,7-8,11H2,1-2H3. The van der Waals surface area contributed by atoms with E-state index in [4.69, 9.17) is 14.2 Å². The third-order valence-corrected chi connectivity index (χ3v) is 5.86. The average molecular weight is 402 g/mol. The lowest BCUT2D eigenvalue weighted by Crippen LogP contribution is -2.18. The predicted molar refractivity (Wildman–Crippen MR) is 107 cm³/mol. The molecule has 1 aliphatic heterocycles. The highest BCUT2D eigenvalue weighted by Crippen LogP contribution is 2.37. The molecule has 0 atom stereocenters. The Bertz CT molecular complexity index is 1070. The first-order valence-electron chi connectivity index (χ1n) is 8.35. The van der Waals surface area contributed by atoms with Gasteiger partial charge in [-0.3, -0.25) is 4.79 Å². The van der Waals surface area contributed by atoms with Gasteiger partial charge in [0.2, 0.25) is 6.79 Å². The van der Waals surface area contributed by atoms with Gasteiger partial charge in [-0.1, -0.05) is 23.5 Å². The molecule has 0 unspecified atom stereocenters. The Morgan fingerprint density at radius 2 is 2.07 bits per heavy atom. The van der Waals surface area contributed by atoms with E-state index in [9.17, 15) is 4.79 Å². The number of thioether (sulfide) groups is 1. The molecule has 1 amide bonds. The molecule has 1 aliphatic rings. The summed E-state index contributed by atoms with van der Waals surface area (Å²) in [6.07, 6.45) is 2.06. The van der Waals surface area contributed by atoms with Crippen molar-refractivity contribution in [3.63, 3.8) is 0 Å². The summed E-state index contributed by atoms with van der Waals surface area (Å²) < 4.78 is 19.3. The van der Waals surface area contributed by atoms with Gasteiger partial charge in [0.1, 0.15) is 5.75 Å². The number of fused-ring (bicyclic) bond motifs is 2. The summed E-state index contributed by atoms with van der Waals surface area (Å²) in [5.41, 5.74) is 1.44. The second-order valence-corrected chi connectivity index (χ2v) is 7.81. The van der Waals surface area contributed by atoms with E-state index in [1.807, 2.05) is 18.2 Å². The summed E-state index contributed by atoms with van der Waals surface area (Å²) in [6, 6.07) is 11.0. The number of thiazole rings is 1. The highest BCUT2D eigenvalue weighted by atomic mass is 32.2. The molecule has 0 fully saturated rings. The normalized spacial score (nSPS) is 13.3. The Kier molecular flexibility index (Phi) is 5.09. The second-order valence-electron chi connectivity index (χ2n) is 5.82. The Labute approximate surface area is 164 Å². The second kappa shape index (κ2) is 7.66. The fourth-order valence-electron chi connectivity index (χ4n) is 2.91. The van der Waals surface area contributed by atoms with Crippen molar-refractivity contribution in [2.24, 2.45) is 4.99 Å². The van der Waals surface area contributed by atoms with E-state index in [1.165, 1.54) is 11.3 Å². The van der Waals surface area contributed by atoms with Crippen LogP contribution in [0.15, 0.2) is 41.4 Å². The van der Waals surface area contributed by atoms with Gasteiger partial charge in [0, 0.05) is 24.4 Å². The van der Waals surface area contributed by atoms with Crippen LogP contribution in [0.25, 0.3) is 10.2 Å². The van der Waals surface area contributed by atoms with E-state index in [0.717, 1.165) is 34.0 Å². The maximum Gasteiger partial charge on any atom is 0.283 e. The van der Waals surface area contributed by atoms with Crippen molar-refractivity contribution in [2.45, 2.75) is 6.54 Å². The zero-order chi connectivity index (χ0) is 18.8. The molecule has 140 valence electrons. The van der Waals surface area contributed by atoms with Crippen molar-refractivity contribution < 1.29 is 19.0 Å². The number of rotatable bonds is 5. The van der Waals surface area contributed by atoms with Crippen LogP contribution in [-0.2, 0) is 6.54 Å². The van der Waals surface area contributed by atoms with Crippen LogP contribution >= 0.6 is 23.1 Å². The molecule has 3 aromatic rings. The molecular weight excluding hydrogens is 384 g/mol. The molecule has 0 N–H and O–H groups in total. The summed E-state index contributed by atoms with van der Waals surface area (Å²) in [6.45, 7) is 0.986. The van der Waals surface area contributed by atoms with E-state index in [-0.39, 0.29) is 12.7 Å². The van der Waals surface area contributed by atoms with Crippen LogP contribution in [0.4, 0.5) is 0 Å². The van der Waals surface area contributed by atoms with Crippen LogP contribution in [0, 0.1) is 0 Å². The molecule has 2 heterocycles. The van der Waals surface area contributed by atoms with E-state index in [0.29, 0.717) is 16.1 Å². The number of hydrogen-bond donors (Lipinski definition) is 0. The van der Waals surface area contributed by atoms with Gasteiger partial charge in [0.25, 0.3) is 5.91 Å². The average Bonchev–Trinajstić information content (AvgIpc) is 3.27. The number of para-hydroxylation sites is 1. The topological polar surface area (TPSA) is 62.0 Å². The molecule has 0 aliphatic carbocycles. The number of hydrogen-bond acceptors (Lipinski definition) is 6. The number of ether oxygens (including phenoxy) is 3. The number of benzene rings is 2. The molecule has 0 radical (unpaired) electrons. The molecule has 8 heteroatoms. The van der Waals surface area contributed by atoms with Gasteiger partial charge in [-0.15, -0.1) is 0 Å². The van der Waals surface area contributed by atoms with Gasteiger partial charge in [0.15, 0.2) is 16.3 Å². The van der Waals surface area contributed by atoms with E-state index in [2.05, 4.69) is 15.8 Å². The number of carbonyl (C=O) groups is 1. The van der Waals surface area contributed by atoms with Crippen LogP contribution in [0.3, 0.4) is 0 Å². The number of aryl methyl sites for hydroxylation is 1. The van der Waals surface area contributed by atoms with Gasteiger partial charge in [-0.05, 0) is 18.4 Å². The molecule has 0 saturated heterocycles. The highest BCUT2D eigenvalue weighted by molar-refractivity contribution is 7.98. The van der Waals surface area contributed by atoms with Crippen LogP contribution < -0.4 is 19.0 Å². The lowest BCUT2D eigenvalue weighted by molar-refractivity contribution is 0.0995. The molecule has 0 saturated carbocycles. The van der Waals surface area contributed by atoms with Gasteiger partial charge < -0.3 is 18.8 Å². The molecule has 6 nitrogen and oxygen atoms in total. The number of methoxy groups -OCH3 is 1. The lowest BCUT2D eigenvalue weighted by Gasteiger charge is -2.06. The minimum atomic E-state index is -0.322. The minimum Gasteiger partial charge on any atom is -0.496 e. The van der Waals surface area contributed by atoms with Gasteiger partial charge in [-0.25, -0.2) is 0 Å². The van der Waals surface area contributed by atoms with Crippen LogP contribution in [0.1, 0.15) is 10.4 Å². The van der Waals surface area contributed by atoms with E-state index >= 15 is 0 Å². The molecule has 0 spiro atoms. The largest absolute Gasteiger partial charge is 0.496 e. The Balaban J connectivity index is 1.84. The predicted octanol–water partition coefficient (Wildman–Crippen LogP) is 3.54. The number of amides is 1. The Morgan fingerprint density at radius 3 is 2.85 bits per heavy atom. The number of nitrogens with zero attached hydrogens (tertiary/aromatic N) is 2. The maximum absolute atomic E-state index is 12.8.